The van der Waals surface area contributed by atoms with Gasteiger partial charge in [-0.2, -0.15) is 0 Å². The van der Waals surface area contributed by atoms with Crippen LogP contribution in [0.4, 0.5) is 0 Å². The van der Waals surface area contributed by atoms with Crippen LogP contribution >= 0.6 is 11.6 Å². The van der Waals surface area contributed by atoms with Crippen molar-refractivity contribution in [2.75, 3.05) is 20.1 Å². The molecule has 0 radical (unpaired) electrons. The number of methoxy groups -OCH3 is 2. The molecule has 0 N–H and O–H groups in total. The number of esters is 2. The first-order valence-corrected chi connectivity index (χ1v) is 6.61. The third kappa shape index (κ3) is 3.00. The highest BCUT2D eigenvalue weighted by Gasteiger charge is 2.55. The summed E-state index contributed by atoms with van der Waals surface area (Å²) < 4.78 is 9.56. The number of halogens is 1. The van der Waals surface area contributed by atoms with Gasteiger partial charge >= 0.3 is 11.9 Å². The van der Waals surface area contributed by atoms with Crippen molar-refractivity contribution in [3.05, 3.63) is 24.8 Å². The lowest BCUT2D eigenvalue weighted by Crippen LogP contribution is -2.39. The molecule has 5 heteroatoms. The Morgan fingerprint density at radius 2 is 1.79 bits per heavy atom. The van der Waals surface area contributed by atoms with Crippen LogP contribution in [0.25, 0.3) is 0 Å². The molecule has 0 aromatic heterocycles. The zero-order chi connectivity index (χ0) is 14.5. The van der Waals surface area contributed by atoms with Crippen LogP contribution in [0.2, 0.25) is 0 Å². The fourth-order valence-corrected chi connectivity index (χ4v) is 2.80. The molecule has 0 saturated heterocycles. The second-order valence-corrected chi connectivity index (χ2v) is 4.93. The van der Waals surface area contributed by atoms with Crippen molar-refractivity contribution in [2.24, 2.45) is 17.3 Å². The van der Waals surface area contributed by atoms with Gasteiger partial charge in [0.2, 0.25) is 0 Å². The standard InChI is InChI=1S/C14H19ClO4/c1-4-10-8-14(12(16)18-2,13(17)19-3)9-11(10)6-5-7-15/h4-6,10-11H,1,7-9H2,2-3H3/b6-5+/t10-,11+/m1/s1. The summed E-state index contributed by atoms with van der Waals surface area (Å²) in [7, 11) is 2.55. The number of ether oxygens (including phenoxy) is 2. The van der Waals surface area contributed by atoms with Crippen molar-refractivity contribution in [3.8, 4) is 0 Å². The Labute approximate surface area is 118 Å². The third-order valence-electron chi connectivity index (χ3n) is 3.65. The molecule has 0 spiro atoms. The summed E-state index contributed by atoms with van der Waals surface area (Å²) in [5.74, 6) is -0.642. The fourth-order valence-electron chi connectivity index (χ4n) is 2.69. The van der Waals surface area contributed by atoms with E-state index in [1.165, 1.54) is 14.2 Å². The first-order chi connectivity index (χ1) is 9.05. The molecule has 19 heavy (non-hydrogen) atoms. The Morgan fingerprint density at radius 1 is 1.26 bits per heavy atom. The second kappa shape index (κ2) is 6.75. The molecule has 1 aliphatic carbocycles. The molecule has 106 valence electrons. The molecule has 1 rings (SSSR count). The summed E-state index contributed by atoms with van der Waals surface area (Å²) >= 11 is 5.63. The average molecular weight is 287 g/mol. The van der Waals surface area contributed by atoms with Crippen LogP contribution in [0.1, 0.15) is 12.8 Å². The average Bonchev–Trinajstić information content (AvgIpc) is 2.83. The van der Waals surface area contributed by atoms with Crippen molar-refractivity contribution >= 4 is 23.5 Å². The molecule has 0 aliphatic heterocycles. The van der Waals surface area contributed by atoms with E-state index >= 15 is 0 Å². The Kier molecular flexibility index (Phi) is 5.60. The topological polar surface area (TPSA) is 52.6 Å². The quantitative estimate of drug-likeness (QED) is 0.337. The van der Waals surface area contributed by atoms with Crippen molar-refractivity contribution in [1.29, 1.82) is 0 Å². The molecule has 0 amide bonds. The second-order valence-electron chi connectivity index (χ2n) is 4.62. The largest absolute Gasteiger partial charge is 0.468 e. The summed E-state index contributed by atoms with van der Waals surface area (Å²) in [6.45, 7) is 3.77. The first-order valence-electron chi connectivity index (χ1n) is 6.07. The maximum atomic E-state index is 12.0. The van der Waals surface area contributed by atoms with E-state index in [4.69, 9.17) is 21.1 Å². The van der Waals surface area contributed by atoms with Crippen LogP contribution in [0.5, 0.6) is 0 Å². The first kappa shape index (κ1) is 15.8. The van der Waals surface area contributed by atoms with E-state index in [-0.39, 0.29) is 11.8 Å². The minimum atomic E-state index is -1.23. The molecule has 1 saturated carbocycles. The molecule has 4 nitrogen and oxygen atoms in total. The summed E-state index contributed by atoms with van der Waals surface area (Å²) in [5, 5.41) is 0. The third-order valence-corrected chi connectivity index (χ3v) is 3.82. The van der Waals surface area contributed by atoms with E-state index in [1.54, 1.807) is 6.08 Å². The number of allylic oxidation sites excluding steroid dienone is 3. The monoisotopic (exact) mass is 286 g/mol. The zero-order valence-corrected chi connectivity index (χ0v) is 12.0. The van der Waals surface area contributed by atoms with Crippen molar-refractivity contribution in [2.45, 2.75) is 12.8 Å². The lowest BCUT2D eigenvalue weighted by Gasteiger charge is -2.22. The van der Waals surface area contributed by atoms with Gasteiger partial charge in [-0.05, 0) is 24.7 Å². The number of carbonyl (C=O) groups excluding carboxylic acids is 2. The molecule has 0 aromatic rings. The van der Waals surface area contributed by atoms with Crippen LogP contribution in [0.3, 0.4) is 0 Å². The van der Waals surface area contributed by atoms with E-state index in [2.05, 4.69) is 6.58 Å². The van der Waals surface area contributed by atoms with Gasteiger partial charge in [0.1, 0.15) is 0 Å². The summed E-state index contributed by atoms with van der Waals surface area (Å²) in [5.41, 5.74) is -1.23. The van der Waals surface area contributed by atoms with Crippen molar-refractivity contribution < 1.29 is 19.1 Å². The maximum absolute atomic E-state index is 12.0. The smallest absolute Gasteiger partial charge is 0.323 e. The van der Waals surface area contributed by atoms with Gasteiger partial charge in [0.25, 0.3) is 0 Å². The summed E-state index contributed by atoms with van der Waals surface area (Å²) in [6.07, 6.45) is 6.21. The van der Waals surface area contributed by atoms with E-state index in [0.29, 0.717) is 18.7 Å². The van der Waals surface area contributed by atoms with E-state index in [9.17, 15) is 9.59 Å². The van der Waals surface area contributed by atoms with Crippen molar-refractivity contribution in [1.82, 2.24) is 0 Å². The highest BCUT2D eigenvalue weighted by Crippen LogP contribution is 2.48. The van der Waals surface area contributed by atoms with Gasteiger partial charge in [-0.25, -0.2) is 0 Å². The van der Waals surface area contributed by atoms with Crippen LogP contribution in [-0.4, -0.2) is 32.0 Å². The number of hydrogen-bond acceptors (Lipinski definition) is 4. The minimum Gasteiger partial charge on any atom is -0.468 e. The Balaban J connectivity index is 3.08. The van der Waals surface area contributed by atoms with Gasteiger partial charge in [-0.15, -0.1) is 18.2 Å². The number of rotatable bonds is 5. The van der Waals surface area contributed by atoms with Crippen LogP contribution in [0, 0.1) is 17.3 Å². The molecule has 1 aliphatic rings. The number of alkyl halides is 1. The maximum Gasteiger partial charge on any atom is 0.323 e. The van der Waals surface area contributed by atoms with Crippen LogP contribution < -0.4 is 0 Å². The summed E-state index contributed by atoms with van der Waals surface area (Å²) in [6, 6.07) is 0. The number of hydrogen-bond donors (Lipinski definition) is 0. The number of carbonyl (C=O) groups is 2. The Bertz CT molecular complexity index is 373. The molecular weight excluding hydrogens is 268 g/mol. The van der Waals surface area contributed by atoms with Gasteiger partial charge < -0.3 is 9.47 Å². The summed E-state index contributed by atoms with van der Waals surface area (Å²) in [4.78, 5) is 24.0. The van der Waals surface area contributed by atoms with Gasteiger partial charge in [-0.3, -0.25) is 9.59 Å². The van der Waals surface area contributed by atoms with E-state index in [1.807, 2.05) is 12.2 Å². The molecule has 0 unspecified atom stereocenters. The van der Waals surface area contributed by atoms with E-state index in [0.717, 1.165) is 0 Å². The van der Waals surface area contributed by atoms with Crippen LogP contribution in [-0.2, 0) is 19.1 Å². The van der Waals surface area contributed by atoms with Crippen molar-refractivity contribution in [3.63, 3.8) is 0 Å². The van der Waals surface area contributed by atoms with E-state index < -0.39 is 17.4 Å². The van der Waals surface area contributed by atoms with Crippen LogP contribution in [0.15, 0.2) is 24.8 Å². The molecule has 0 aromatic carbocycles. The predicted octanol–water partition coefficient (Wildman–Crippen LogP) is 2.33. The molecule has 0 heterocycles. The van der Waals surface area contributed by atoms with Gasteiger partial charge in [0.05, 0.1) is 14.2 Å². The molecular formula is C14H19ClO4. The lowest BCUT2D eigenvalue weighted by atomic mass is 9.85. The van der Waals surface area contributed by atoms with Gasteiger partial charge in [0, 0.05) is 5.88 Å². The highest BCUT2D eigenvalue weighted by atomic mass is 35.5. The molecule has 1 fully saturated rings. The Hall–Kier alpha value is -1.29. The molecule has 0 bridgehead atoms. The SMILES string of the molecule is C=C[C@@H]1CC(C(=O)OC)(C(=O)OC)C[C@@H]1/C=C/CCl. The normalized spacial score (nSPS) is 25.2. The predicted molar refractivity (Wildman–Crippen MR) is 72.7 cm³/mol. The minimum absolute atomic E-state index is 0.0256. The zero-order valence-electron chi connectivity index (χ0n) is 11.2. The Morgan fingerprint density at radius 3 is 2.21 bits per heavy atom. The highest BCUT2D eigenvalue weighted by molar-refractivity contribution is 6.18. The van der Waals surface area contributed by atoms with Gasteiger partial charge in [0.15, 0.2) is 5.41 Å². The molecule has 2 atom stereocenters. The fraction of sp³-hybridized carbons (Fsp3) is 0.571. The lowest BCUT2D eigenvalue weighted by molar-refractivity contribution is -0.168. The van der Waals surface area contributed by atoms with Gasteiger partial charge in [-0.1, -0.05) is 18.2 Å².